The number of ether oxygens (including phenoxy) is 1. The van der Waals surface area contributed by atoms with Gasteiger partial charge < -0.3 is 4.74 Å². The van der Waals surface area contributed by atoms with Crippen LogP contribution >= 0.6 is 11.6 Å². The predicted octanol–water partition coefficient (Wildman–Crippen LogP) is 4.31. The number of halogens is 1. The molecule has 0 bridgehead atoms. The average Bonchev–Trinajstić information content (AvgIpc) is 2.80. The highest BCUT2D eigenvalue weighted by Gasteiger charge is 2.28. The highest BCUT2D eigenvalue weighted by Crippen LogP contribution is 2.30. The summed E-state index contributed by atoms with van der Waals surface area (Å²) in [4.78, 5) is 12.7. The SMILES string of the molecule is COc1ccc(/C=N\NC(=O)CN(c2cccc(Cl)c2C)S(=O)(=O)c2ccc(C)cc2)cc1. The predicted molar refractivity (Wildman–Crippen MR) is 131 cm³/mol. The van der Waals surface area contributed by atoms with Crippen LogP contribution in [0.4, 0.5) is 5.69 Å². The van der Waals surface area contributed by atoms with Crippen LogP contribution in [-0.4, -0.2) is 34.2 Å². The summed E-state index contributed by atoms with van der Waals surface area (Å²) in [5.41, 5.74) is 4.91. The van der Waals surface area contributed by atoms with Crippen molar-refractivity contribution in [1.82, 2.24) is 5.43 Å². The minimum Gasteiger partial charge on any atom is -0.497 e. The average molecular weight is 486 g/mol. The zero-order valence-corrected chi connectivity index (χ0v) is 20.0. The second kappa shape index (κ2) is 10.5. The molecule has 0 spiro atoms. The Morgan fingerprint density at radius 3 is 2.36 bits per heavy atom. The lowest BCUT2D eigenvalue weighted by Gasteiger charge is -2.25. The van der Waals surface area contributed by atoms with Crippen molar-refractivity contribution in [1.29, 1.82) is 0 Å². The number of hydrogen-bond acceptors (Lipinski definition) is 5. The summed E-state index contributed by atoms with van der Waals surface area (Å²) in [6, 6.07) is 18.4. The first kappa shape index (κ1) is 24.3. The van der Waals surface area contributed by atoms with Crippen molar-refractivity contribution < 1.29 is 17.9 Å². The molecule has 3 aromatic rings. The number of carbonyl (C=O) groups excluding carboxylic acids is 1. The van der Waals surface area contributed by atoms with E-state index in [2.05, 4.69) is 10.5 Å². The van der Waals surface area contributed by atoms with E-state index in [9.17, 15) is 13.2 Å². The maximum atomic E-state index is 13.5. The molecule has 0 saturated heterocycles. The van der Waals surface area contributed by atoms with Crippen LogP contribution in [-0.2, 0) is 14.8 Å². The van der Waals surface area contributed by atoms with E-state index in [4.69, 9.17) is 16.3 Å². The van der Waals surface area contributed by atoms with E-state index >= 15 is 0 Å². The number of carbonyl (C=O) groups is 1. The summed E-state index contributed by atoms with van der Waals surface area (Å²) in [7, 11) is -2.47. The Kier molecular flexibility index (Phi) is 7.73. The van der Waals surface area contributed by atoms with Gasteiger partial charge in [0.15, 0.2) is 0 Å². The minimum atomic E-state index is -4.04. The van der Waals surface area contributed by atoms with Crippen molar-refractivity contribution in [2.24, 2.45) is 5.10 Å². The molecule has 0 fully saturated rings. The number of nitrogens with one attached hydrogen (secondary N) is 1. The second-order valence-corrected chi connectivity index (χ2v) is 9.54. The number of aryl methyl sites for hydroxylation is 1. The van der Waals surface area contributed by atoms with Crippen LogP contribution in [0.5, 0.6) is 5.75 Å². The zero-order valence-electron chi connectivity index (χ0n) is 18.4. The maximum Gasteiger partial charge on any atom is 0.264 e. The van der Waals surface area contributed by atoms with Gasteiger partial charge in [0.2, 0.25) is 0 Å². The van der Waals surface area contributed by atoms with Gasteiger partial charge in [-0.25, -0.2) is 13.8 Å². The quantitative estimate of drug-likeness (QED) is 0.380. The highest BCUT2D eigenvalue weighted by atomic mass is 35.5. The molecule has 0 saturated carbocycles. The van der Waals surface area contributed by atoms with E-state index < -0.39 is 22.5 Å². The Labute approximate surface area is 198 Å². The van der Waals surface area contributed by atoms with Crippen LogP contribution in [0.2, 0.25) is 5.02 Å². The van der Waals surface area contributed by atoms with Gasteiger partial charge in [-0.3, -0.25) is 9.10 Å². The third kappa shape index (κ3) is 5.91. The van der Waals surface area contributed by atoms with Crippen molar-refractivity contribution in [2.75, 3.05) is 18.0 Å². The first-order chi connectivity index (χ1) is 15.7. The van der Waals surface area contributed by atoms with Gasteiger partial charge in [-0.1, -0.05) is 35.4 Å². The monoisotopic (exact) mass is 485 g/mol. The molecular formula is C24H24ClN3O4S. The molecule has 0 radical (unpaired) electrons. The molecule has 0 aliphatic carbocycles. The van der Waals surface area contributed by atoms with E-state index in [0.29, 0.717) is 22.0 Å². The van der Waals surface area contributed by atoms with E-state index in [1.54, 1.807) is 68.6 Å². The fourth-order valence-electron chi connectivity index (χ4n) is 3.04. The lowest BCUT2D eigenvalue weighted by Crippen LogP contribution is -2.40. The molecule has 33 heavy (non-hydrogen) atoms. The first-order valence-corrected chi connectivity index (χ1v) is 11.8. The Hall–Kier alpha value is -3.36. The standard InChI is InChI=1S/C24H24ClN3O4S/c1-17-7-13-21(14-8-17)33(30,31)28(23-6-4-5-22(25)18(23)2)16-24(29)27-26-15-19-9-11-20(32-3)12-10-19/h4-15H,16H2,1-3H3,(H,27,29)/b26-15-. The van der Waals surface area contributed by atoms with E-state index in [1.807, 2.05) is 6.92 Å². The lowest BCUT2D eigenvalue weighted by atomic mass is 10.2. The summed E-state index contributed by atoms with van der Waals surface area (Å²) >= 11 is 6.23. The molecule has 3 rings (SSSR count). The molecular weight excluding hydrogens is 462 g/mol. The molecule has 0 aliphatic rings. The molecule has 172 valence electrons. The number of hydrogen-bond donors (Lipinski definition) is 1. The fourth-order valence-corrected chi connectivity index (χ4v) is 4.69. The molecule has 0 heterocycles. The molecule has 9 heteroatoms. The topological polar surface area (TPSA) is 88.1 Å². The van der Waals surface area contributed by atoms with Crippen molar-refractivity contribution in [2.45, 2.75) is 18.7 Å². The number of nitrogens with zero attached hydrogens (tertiary/aromatic N) is 2. The summed E-state index contributed by atoms with van der Waals surface area (Å²) in [5, 5.41) is 4.33. The normalized spacial score (nSPS) is 11.4. The number of methoxy groups -OCH3 is 1. The fraction of sp³-hybridized carbons (Fsp3) is 0.167. The van der Waals surface area contributed by atoms with Crippen molar-refractivity contribution in [3.05, 3.63) is 88.4 Å². The number of anilines is 1. The van der Waals surface area contributed by atoms with Crippen molar-refractivity contribution >= 4 is 39.4 Å². The van der Waals surface area contributed by atoms with Gasteiger partial charge in [0, 0.05) is 5.02 Å². The van der Waals surface area contributed by atoms with Crippen molar-refractivity contribution in [3.8, 4) is 5.75 Å². The molecule has 0 unspecified atom stereocenters. The lowest BCUT2D eigenvalue weighted by molar-refractivity contribution is -0.119. The van der Waals surface area contributed by atoms with Crippen LogP contribution in [0.3, 0.4) is 0 Å². The smallest absolute Gasteiger partial charge is 0.264 e. The summed E-state index contributed by atoms with van der Waals surface area (Å²) in [6.07, 6.45) is 1.46. The molecule has 0 atom stereocenters. The third-order valence-electron chi connectivity index (χ3n) is 4.92. The van der Waals surface area contributed by atoms with Gasteiger partial charge in [0.1, 0.15) is 12.3 Å². The van der Waals surface area contributed by atoms with Crippen molar-refractivity contribution in [3.63, 3.8) is 0 Å². The van der Waals surface area contributed by atoms with Crippen LogP contribution in [0.1, 0.15) is 16.7 Å². The number of hydrazone groups is 1. The van der Waals surface area contributed by atoms with Crippen LogP contribution in [0.15, 0.2) is 76.7 Å². The third-order valence-corrected chi connectivity index (χ3v) is 7.11. The molecule has 1 N–H and O–H groups in total. The first-order valence-electron chi connectivity index (χ1n) is 10.0. The summed E-state index contributed by atoms with van der Waals surface area (Å²) < 4.78 is 33.0. The Morgan fingerprint density at radius 2 is 1.73 bits per heavy atom. The molecule has 0 aromatic heterocycles. The summed E-state index contributed by atoms with van der Waals surface area (Å²) in [5.74, 6) is 0.0971. The molecule has 3 aromatic carbocycles. The van der Waals surface area contributed by atoms with Crippen LogP contribution in [0.25, 0.3) is 0 Å². The van der Waals surface area contributed by atoms with Gasteiger partial charge in [0.05, 0.1) is 23.9 Å². The van der Waals surface area contributed by atoms with E-state index in [0.717, 1.165) is 15.4 Å². The highest BCUT2D eigenvalue weighted by molar-refractivity contribution is 7.92. The van der Waals surface area contributed by atoms with Crippen LogP contribution < -0.4 is 14.5 Å². The number of sulfonamides is 1. The molecule has 0 aliphatic heterocycles. The second-order valence-electron chi connectivity index (χ2n) is 7.28. The van der Waals surface area contributed by atoms with Crippen LogP contribution in [0, 0.1) is 13.8 Å². The number of amides is 1. The number of rotatable bonds is 8. The molecule has 7 nitrogen and oxygen atoms in total. The van der Waals surface area contributed by atoms with E-state index in [1.165, 1.54) is 18.3 Å². The van der Waals surface area contributed by atoms with Gasteiger partial charge in [-0.2, -0.15) is 5.10 Å². The van der Waals surface area contributed by atoms with Gasteiger partial charge in [-0.05, 0) is 73.5 Å². The Bertz CT molecular complexity index is 1260. The van der Waals surface area contributed by atoms with E-state index in [-0.39, 0.29) is 4.90 Å². The van der Waals surface area contributed by atoms with Gasteiger partial charge in [0.25, 0.3) is 15.9 Å². The van der Waals surface area contributed by atoms with Gasteiger partial charge in [-0.15, -0.1) is 0 Å². The Morgan fingerprint density at radius 1 is 1.06 bits per heavy atom. The Balaban J connectivity index is 1.86. The number of benzene rings is 3. The summed E-state index contributed by atoms with van der Waals surface area (Å²) in [6.45, 7) is 3.09. The molecule has 1 amide bonds. The maximum absolute atomic E-state index is 13.5. The minimum absolute atomic E-state index is 0.0713. The zero-order chi connectivity index (χ0) is 24.0. The largest absolute Gasteiger partial charge is 0.497 e. The van der Waals surface area contributed by atoms with Gasteiger partial charge >= 0.3 is 0 Å².